The van der Waals surface area contributed by atoms with Crippen LogP contribution in [0.1, 0.15) is 53.5 Å². The second kappa shape index (κ2) is 7.83. The minimum Gasteiger partial charge on any atom is -0.482 e. The summed E-state index contributed by atoms with van der Waals surface area (Å²) in [7, 11) is 0. The Hall–Kier alpha value is -1.14. The molecule has 0 N–H and O–H groups in total. The average Bonchev–Trinajstić information content (AvgIpc) is 2.80. The van der Waals surface area contributed by atoms with Crippen LogP contribution in [0, 0.1) is 20.8 Å². The molecule has 0 aliphatic rings. The first kappa shape index (κ1) is 19.2. The van der Waals surface area contributed by atoms with Crippen molar-refractivity contribution in [3.05, 3.63) is 43.6 Å². The van der Waals surface area contributed by atoms with Gasteiger partial charge in [0.15, 0.2) is 6.61 Å². The molecule has 1 aromatic carbocycles. The number of hydrogen-bond acceptors (Lipinski definition) is 3. The van der Waals surface area contributed by atoms with Gasteiger partial charge in [-0.2, -0.15) is 5.10 Å². The zero-order valence-electron chi connectivity index (χ0n) is 14.6. The molecule has 2 aromatic rings. The molecular weight excluding hydrogens is 436 g/mol. The summed E-state index contributed by atoms with van der Waals surface area (Å²) in [6, 6.07) is 3.85. The van der Waals surface area contributed by atoms with Crippen molar-refractivity contribution in [2.45, 2.75) is 47.0 Å². The van der Waals surface area contributed by atoms with Crippen molar-refractivity contribution in [1.29, 1.82) is 0 Å². The van der Waals surface area contributed by atoms with E-state index in [0.29, 0.717) is 11.7 Å². The molecule has 0 aliphatic carbocycles. The van der Waals surface area contributed by atoms with Crippen molar-refractivity contribution >= 4 is 37.8 Å². The van der Waals surface area contributed by atoms with Crippen molar-refractivity contribution in [1.82, 2.24) is 9.78 Å². The van der Waals surface area contributed by atoms with Crippen LogP contribution in [0.25, 0.3) is 0 Å². The van der Waals surface area contributed by atoms with Gasteiger partial charge in [-0.25, -0.2) is 4.68 Å². The van der Waals surface area contributed by atoms with Crippen molar-refractivity contribution in [3.8, 4) is 5.75 Å². The summed E-state index contributed by atoms with van der Waals surface area (Å²) in [5.74, 6) is 0.893. The Morgan fingerprint density at radius 1 is 1.29 bits per heavy atom. The molecular formula is C18H22Br2N2O2. The molecule has 0 saturated carbocycles. The third-order valence-corrected chi connectivity index (χ3v) is 5.27. The molecule has 0 radical (unpaired) electrons. The number of hydrogen-bond donors (Lipinski definition) is 0. The van der Waals surface area contributed by atoms with Crippen LogP contribution in [0.2, 0.25) is 0 Å². The molecule has 0 spiro atoms. The van der Waals surface area contributed by atoms with Crippen LogP contribution in [0.5, 0.6) is 5.75 Å². The Kier molecular flexibility index (Phi) is 6.26. The maximum absolute atomic E-state index is 12.6. The largest absolute Gasteiger partial charge is 0.482 e. The molecule has 0 aliphatic heterocycles. The first-order chi connectivity index (χ1) is 11.3. The Morgan fingerprint density at radius 3 is 2.54 bits per heavy atom. The molecule has 1 atom stereocenters. The molecule has 130 valence electrons. The van der Waals surface area contributed by atoms with E-state index in [1.54, 1.807) is 0 Å². The summed E-state index contributed by atoms with van der Waals surface area (Å²) in [4.78, 5) is 12.6. The van der Waals surface area contributed by atoms with Crippen LogP contribution in [0.15, 0.2) is 21.1 Å². The van der Waals surface area contributed by atoms with Gasteiger partial charge in [-0.3, -0.25) is 4.79 Å². The maximum atomic E-state index is 12.6. The van der Waals surface area contributed by atoms with Crippen LogP contribution in [0.3, 0.4) is 0 Å². The van der Waals surface area contributed by atoms with E-state index in [9.17, 15) is 4.79 Å². The standard InChI is InChI=1S/C18H22Br2N2O2/c1-6-10(2)17-12(4)21-22(13(17)5)16(23)9-24-18-11(3)7-14(19)8-15(18)20/h7-8,10H,6,9H2,1-5H3. The summed E-state index contributed by atoms with van der Waals surface area (Å²) in [5, 5.41) is 4.42. The minimum atomic E-state index is -0.167. The minimum absolute atomic E-state index is 0.0526. The number of ether oxygens (including phenoxy) is 1. The second-order valence-corrected chi connectivity index (χ2v) is 7.79. The summed E-state index contributed by atoms with van der Waals surface area (Å²) in [6.07, 6.45) is 1.02. The highest BCUT2D eigenvalue weighted by atomic mass is 79.9. The van der Waals surface area contributed by atoms with Crippen molar-refractivity contribution in [2.75, 3.05) is 6.61 Å². The van der Waals surface area contributed by atoms with E-state index in [0.717, 1.165) is 37.9 Å². The molecule has 0 amide bonds. The molecule has 1 aromatic heterocycles. The molecule has 0 bridgehead atoms. The molecule has 0 saturated heterocycles. The fraction of sp³-hybridized carbons (Fsp3) is 0.444. The Balaban J connectivity index is 2.20. The van der Waals surface area contributed by atoms with E-state index in [2.05, 4.69) is 50.8 Å². The van der Waals surface area contributed by atoms with E-state index in [1.807, 2.05) is 32.9 Å². The third kappa shape index (κ3) is 3.91. The number of halogens is 2. The molecule has 1 unspecified atom stereocenters. The highest BCUT2D eigenvalue weighted by Crippen LogP contribution is 2.32. The van der Waals surface area contributed by atoms with Crippen LogP contribution in [-0.2, 0) is 0 Å². The third-order valence-electron chi connectivity index (χ3n) is 4.22. The lowest BCUT2D eigenvalue weighted by atomic mass is 9.97. The van der Waals surface area contributed by atoms with Gasteiger partial charge in [0.2, 0.25) is 0 Å². The summed E-state index contributed by atoms with van der Waals surface area (Å²) < 4.78 is 9.00. The predicted molar refractivity (Wildman–Crippen MR) is 103 cm³/mol. The zero-order chi connectivity index (χ0) is 18.0. The lowest BCUT2D eigenvalue weighted by Crippen LogP contribution is -2.22. The van der Waals surface area contributed by atoms with E-state index >= 15 is 0 Å². The van der Waals surface area contributed by atoms with Gasteiger partial charge in [-0.1, -0.05) is 29.8 Å². The average molecular weight is 458 g/mol. The van der Waals surface area contributed by atoms with Crippen molar-refractivity contribution < 1.29 is 9.53 Å². The highest BCUT2D eigenvalue weighted by Gasteiger charge is 2.20. The molecule has 4 nitrogen and oxygen atoms in total. The second-order valence-electron chi connectivity index (χ2n) is 6.02. The van der Waals surface area contributed by atoms with Gasteiger partial charge in [0, 0.05) is 10.2 Å². The first-order valence-corrected chi connectivity index (χ1v) is 9.52. The van der Waals surface area contributed by atoms with Crippen LogP contribution >= 0.6 is 31.9 Å². The summed E-state index contributed by atoms with van der Waals surface area (Å²) in [6.45, 7) is 10.1. The zero-order valence-corrected chi connectivity index (χ0v) is 17.8. The molecule has 2 rings (SSSR count). The van der Waals surface area contributed by atoms with Crippen LogP contribution in [-0.4, -0.2) is 22.3 Å². The van der Waals surface area contributed by atoms with Gasteiger partial charge in [0.1, 0.15) is 5.75 Å². The molecule has 1 heterocycles. The fourth-order valence-corrected chi connectivity index (χ4v) is 4.44. The predicted octanol–water partition coefficient (Wildman–Crippen LogP) is 5.57. The lowest BCUT2D eigenvalue weighted by Gasteiger charge is -2.12. The molecule has 6 heteroatoms. The van der Waals surface area contributed by atoms with Crippen LogP contribution < -0.4 is 4.74 Å². The first-order valence-electron chi connectivity index (χ1n) is 7.94. The van der Waals surface area contributed by atoms with E-state index in [4.69, 9.17) is 4.74 Å². The lowest BCUT2D eigenvalue weighted by molar-refractivity contribution is 0.0817. The van der Waals surface area contributed by atoms with Gasteiger partial charge < -0.3 is 4.74 Å². The highest BCUT2D eigenvalue weighted by molar-refractivity contribution is 9.11. The van der Waals surface area contributed by atoms with Gasteiger partial charge in [-0.15, -0.1) is 0 Å². The van der Waals surface area contributed by atoms with Gasteiger partial charge >= 0.3 is 0 Å². The molecule has 0 fully saturated rings. The Morgan fingerprint density at radius 2 is 1.96 bits per heavy atom. The van der Waals surface area contributed by atoms with Crippen molar-refractivity contribution in [3.63, 3.8) is 0 Å². The summed E-state index contributed by atoms with van der Waals surface area (Å²) in [5.41, 5.74) is 3.93. The number of benzene rings is 1. The summed E-state index contributed by atoms with van der Waals surface area (Å²) >= 11 is 6.91. The van der Waals surface area contributed by atoms with Crippen LogP contribution in [0.4, 0.5) is 0 Å². The Labute approximate surface area is 159 Å². The number of rotatable bonds is 5. The van der Waals surface area contributed by atoms with Gasteiger partial charge in [-0.05, 0) is 72.3 Å². The number of nitrogens with zero attached hydrogens (tertiary/aromatic N) is 2. The number of carbonyl (C=O) groups excluding carboxylic acids is 1. The quantitative estimate of drug-likeness (QED) is 0.589. The number of aryl methyl sites for hydroxylation is 2. The van der Waals surface area contributed by atoms with Gasteiger partial charge in [0.25, 0.3) is 5.91 Å². The monoisotopic (exact) mass is 456 g/mol. The topological polar surface area (TPSA) is 44.1 Å². The SMILES string of the molecule is CCC(C)c1c(C)nn(C(=O)COc2c(C)cc(Br)cc2Br)c1C. The van der Waals surface area contributed by atoms with E-state index < -0.39 is 0 Å². The number of aromatic nitrogens is 2. The van der Waals surface area contributed by atoms with Crippen molar-refractivity contribution in [2.24, 2.45) is 0 Å². The Bertz CT molecular complexity index is 746. The normalized spacial score (nSPS) is 12.3. The number of carbonyl (C=O) groups is 1. The fourth-order valence-electron chi connectivity index (χ4n) is 2.88. The van der Waals surface area contributed by atoms with E-state index in [-0.39, 0.29) is 12.5 Å². The van der Waals surface area contributed by atoms with Gasteiger partial charge in [0.05, 0.1) is 10.2 Å². The smallest absolute Gasteiger partial charge is 0.284 e. The molecule has 24 heavy (non-hydrogen) atoms. The maximum Gasteiger partial charge on any atom is 0.284 e. The van der Waals surface area contributed by atoms with E-state index in [1.165, 1.54) is 4.68 Å².